The van der Waals surface area contributed by atoms with Gasteiger partial charge in [-0.25, -0.2) is 4.39 Å². The topological polar surface area (TPSA) is 123 Å². The van der Waals surface area contributed by atoms with Crippen molar-refractivity contribution in [3.63, 3.8) is 0 Å². The van der Waals surface area contributed by atoms with Gasteiger partial charge in [-0.15, -0.1) is 0 Å². The van der Waals surface area contributed by atoms with E-state index >= 15 is 0 Å². The molecule has 0 bridgehead atoms. The Labute approximate surface area is 202 Å². The number of aromatic hydroxyl groups is 1. The van der Waals surface area contributed by atoms with Gasteiger partial charge in [-0.1, -0.05) is 12.1 Å². The molecule has 10 heteroatoms. The van der Waals surface area contributed by atoms with E-state index in [2.05, 4.69) is 15.2 Å². The summed E-state index contributed by atoms with van der Waals surface area (Å²) in [6.45, 7) is 4.64. The van der Waals surface area contributed by atoms with E-state index < -0.39 is 17.2 Å². The van der Waals surface area contributed by atoms with Gasteiger partial charge < -0.3 is 25.5 Å². The summed E-state index contributed by atoms with van der Waals surface area (Å²) in [6, 6.07) is 7.86. The number of aromatic nitrogens is 2. The van der Waals surface area contributed by atoms with Crippen molar-refractivity contribution < 1.29 is 19.0 Å². The van der Waals surface area contributed by atoms with Crippen molar-refractivity contribution in [1.82, 2.24) is 19.8 Å². The second-order valence-electron chi connectivity index (χ2n) is 8.55. The Morgan fingerprint density at radius 2 is 1.91 bits per heavy atom. The third-order valence-corrected chi connectivity index (χ3v) is 6.08. The van der Waals surface area contributed by atoms with Crippen LogP contribution in [-0.2, 0) is 17.7 Å². The van der Waals surface area contributed by atoms with Crippen molar-refractivity contribution >= 4 is 16.9 Å². The first-order valence-corrected chi connectivity index (χ1v) is 11.7. The maximum atomic E-state index is 13.2. The van der Waals surface area contributed by atoms with Crippen LogP contribution in [0.3, 0.4) is 0 Å². The highest BCUT2D eigenvalue weighted by molar-refractivity contribution is 6.01. The fraction of sp³-hybridized carbons (Fsp3) is 0.400. The summed E-state index contributed by atoms with van der Waals surface area (Å²) in [4.78, 5) is 32.7. The first-order chi connectivity index (χ1) is 17.0. The van der Waals surface area contributed by atoms with Crippen molar-refractivity contribution in [2.75, 3.05) is 45.9 Å². The molecular weight excluding hydrogens is 453 g/mol. The molecule has 1 aliphatic heterocycles. The molecule has 1 fully saturated rings. The molecular formula is C25H30FN5O4. The molecule has 0 radical (unpaired) electrons. The molecule has 2 aromatic heterocycles. The lowest BCUT2D eigenvalue weighted by Gasteiger charge is -2.26. The Kier molecular flexibility index (Phi) is 8.06. The predicted octanol–water partition coefficient (Wildman–Crippen LogP) is 1.24. The van der Waals surface area contributed by atoms with Crippen LogP contribution < -0.4 is 16.6 Å². The molecule has 1 aliphatic rings. The second-order valence-corrected chi connectivity index (χ2v) is 8.55. The summed E-state index contributed by atoms with van der Waals surface area (Å²) in [5.41, 5.74) is 6.97. The molecule has 35 heavy (non-hydrogen) atoms. The predicted molar refractivity (Wildman–Crippen MR) is 130 cm³/mol. The van der Waals surface area contributed by atoms with E-state index in [-0.39, 0.29) is 30.0 Å². The SMILES string of the molecule is NCCn1c(=O)c(C(=O)NCCCN2CCOCC2)c(O)c2ncc(Cc3ccc(F)cc3)cc21. The number of pyridine rings is 2. The quantitative estimate of drug-likeness (QED) is 0.392. The number of morpholine rings is 1. The Hall–Kier alpha value is -3.34. The maximum absolute atomic E-state index is 13.2. The van der Waals surface area contributed by atoms with Crippen LogP contribution in [0, 0.1) is 5.82 Å². The largest absolute Gasteiger partial charge is 0.505 e. The number of benzene rings is 1. The molecule has 1 amide bonds. The Morgan fingerprint density at radius 3 is 2.63 bits per heavy atom. The van der Waals surface area contributed by atoms with E-state index in [1.165, 1.54) is 16.7 Å². The Morgan fingerprint density at radius 1 is 1.17 bits per heavy atom. The lowest BCUT2D eigenvalue weighted by molar-refractivity contribution is 0.0374. The molecule has 3 aromatic rings. The normalized spacial score (nSPS) is 14.3. The average Bonchev–Trinajstić information content (AvgIpc) is 2.86. The monoisotopic (exact) mass is 483 g/mol. The number of ether oxygens (including phenoxy) is 1. The van der Waals surface area contributed by atoms with Crippen LogP contribution in [-0.4, -0.2) is 71.4 Å². The van der Waals surface area contributed by atoms with Gasteiger partial charge in [0, 0.05) is 38.9 Å². The van der Waals surface area contributed by atoms with Crippen LogP contribution in [0.25, 0.3) is 11.0 Å². The highest BCUT2D eigenvalue weighted by Gasteiger charge is 2.23. The highest BCUT2D eigenvalue weighted by Crippen LogP contribution is 2.26. The number of carbonyl (C=O) groups is 1. The summed E-state index contributed by atoms with van der Waals surface area (Å²) in [7, 11) is 0. The zero-order valence-electron chi connectivity index (χ0n) is 19.5. The zero-order chi connectivity index (χ0) is 24.8. The van der Waals surface area contributed by atoms with E-state index in [9.17, 15) is 19.1 Å². The first-order valence-electron chi connectivity index (χ1n) is 11.7. The van der Waals surface area contributed by atoms with Crippen molar-refractivity contribution in [2.24, 2.45) is 5.73 Å². The summed E-state index contributed by atoms with van der Waals surface area (Å²) >= 11 is 0. The second kappa shape index (κ2) is 11.4. The lowest BCUT2D eigenvalue weighted by atomic mass is 10.1. The average molecular weight is 484 g/mol. The number of amides is 1. The fourth-order valence-electron chi connectivity index (χ4n) is 4.26. The van der Waals surface area contributed by atoms with E-state index in [4.69, 9.17) is 10.5 Å². The Balaban J connectivity index is 1.56. The first kappa shape index (κ1) is 24.8. The van der Waals surface area contributed by atoms with Gasteiger partial charge in [0.2, 0.25) is 0 Å². The van der Waals surface area contributed by atoms with Crippen LogP contribution in [0.15, 0.2) is 41.3 Å². The number of fused-ring (bicyclic) bond motifs is 1. The van der Waals surface area contributed by atoms with Crippen LogP contribution in [0.2, 0.25) is 0 Å². The summed E-state index contributed by atoms with van der Waals surface area (Å²) in [5.74, 6) is -1.41. The standard InChI is InChI=1S/C25H30FN5O4/c26-19-4-2-17(3-5-19)14-18-15-20-22(29-16-18)23(32)21(25(34)31(20)9-6-27)24(33)28-7-1-8-30-10-12-35-13-11-30/h2-5,15-16,32H,1,6-14,27H2,(H,28,33). The number of carbonyl (C=O) groups excluding carboxylic acids is 1. The van der Waals surface area contributed by atoms with E-state index in [0.29, 0.717) is 38.1 Å². The summed E-state index contributed by atoms with van der Waals surface area (Å²) < 4.78 is 19.9. The highest BCUT2D eigenvalue weighted by atomic mass is 19.1. The number of nitrogens with zero attached hydrogens (tertiary/aromatic N) is 3. The molecule has 0 unspecified atom stereocenters. The number of hydrogen-bond donors (Lipinski definition) is 3. The van der Waals surface area contributed by atoms with Crippen LogP contribution in [0.1, 0.15) is 27.9 Å². The van der Waals surface area contributed by atoms with Gasteiger partial charge in [-0.3, -0.25) is 19.5 Å². The molecule has 3 heterocycles. The molecule has 0 aliphatic carbocycles. The minimum atomic E-state index is -0.640. The molecule has 4 rings (SSSR count). The van der Waals surface area contributed by atoms with Crippen LogP contribution in [0.5, 0.6) is 5.75 Å². The van der Waals surface area contributed by atoms with Crippen LogP contribution in [0.4, 0.5) is 4.39 Å². The number of hydrogen-bond acceptors (Lipinski definition) is 7. The number of nitrogens with two attached hydrogens (primary N) is 1. The van der Waals surface area contributed by atoms with Crippen molar-refractivity contribution in [3.05, 3.63) is 69.4 Å². The number of rotatable bonds is 9. The number of nitrogens with one attached hydrogen (secondary N) is 1. The van der Waals surface area contributed by atoms with E-state index in [1.54, 1.807) is 24.4 Å². The van der Waals surface area contributed by atoms with Gasteiger partial charge >= 0.3 is 0 Å². The van der Waals surface area contributed by atoms with E-state index in [1.807, 2.05) is 0 Å². The maximum Gasteiger partial charge on any atom is 0.267 e. The van der Waals surface area contributed by atoms with Crippen LogP contribution >= 0.6 is 0 Å². The third kappa shape index (κ3) is 5.84. The van der Waals surface area contributed by atoms with Gasteiger partial charge in [-0.2, -0.15) is 0 Å². The van der Waals surface area contributed by atoms with E-state index in [0.717, 1.165) is 30.8 Å². The van der Waals surface area contributed by atoms with Gasteiger partial charge in [0.1, 0.15) is 16.9 Å². The zero-order valence-corrected chi connectivity index (χ0v) is 19.5. The van der Waals surface area contributed by atoms with Crippen molar-refractivity contribution in [2.45, 2.75) is 19.4 Å². The minimum absolute atomic E-state index is 0.152. The van der Waals surface area contributed by atoms with Crippen molar-refractivity contribution in [1.29, 1.82) is 0 Å². The molecule has 0 atom stereocenters. The third-order valence-electron chi connectivity index (χ3n) is 6.08. The minimum Gasteiger partial charge on any atom is -0.505 e. The summed E-state index contributed by atoms with van der Waals surface area (Å²) in [6.07, 6.45) is 2.75. The fourth-order valence-corrected chi connectivity index (χ4v) is 4.26. The molecule has 0 spiro atoms. The molecule has 1 aromatic carbocycles. The lowest BCUT2D eigenvalue weighted by Crippen LogP contribution is -2.39. The molecule has 4 N–H and O–H groups in total. The van der Waals surface area contributed by atoms with Gasteiger partial charge in [0.25, 0.3) is 11.5 Å². The number of halogens is 1. The molecule has 0 saturated carbocycles. The van der Waals surface area contributed by atoms with Gasteiger partial charge in [0.05, 0.1) is 18.7 Å². The van der Waals surface area contributed by atoms with Gasteiger partial charge in [-0.05, 0) is 48.7 Å². The van der Waals surface area contributed by atoms with Crippen molar-refractivity contribution in [3.8, 4) is 5.75 Å². The molecule has 9 nitrogen and oxygen atoms in total. The smallest absolute Gasteiger partial charge is 0.267 e. The molecule has 186 valence electrons. The molecule has 1 saturated heterocycles. The Bertz CT molecular complexity index is 1240. The summed E-state index contributed by atoms with van der Waals surface area (Å²) in [5, 5.41) is 13.6. The van der Waals surface area contributed by atoms with Gasteiger partial charge in [0.15, 0.2) is 5.75 Å².